The lowest BCUT2D eigenvalue weighted by Gasteiger charge is -2.14. The molecule has 0 aliphatic carbocycles. The van der Waals surface area contributed by atoms with Gasteiger partial charge < -0.3 is 10.5 Å². The van der Waals surface area contributed by atoms with Crippen LogP contribution in [0.15, 0.2) is 42.5 Å². The van der Waals surface area contributed by atoms with E-state index in [2.05, 4.69) is 4.74 Å². The normalized spacial score (nSPS) is 12.2. The highest BCUT2D eigenvalue weighted by Gasteiger charge is 2.31. The Kier molecular flexibility index (Phi) is 6.16. The Labute approximate surface area is 141 Å². The van der Waals surface area contributed by atoms with E-state index in [0.717, 1.165) is 12.1 Å². The molecule has 9 heteroatoms. The highest BCUT2D eigenvalue weighted by Crippen LogP contribution is 2.28. The first-order valence-corrected chi connectivity index (χ1v) is 6.53. The second kappa shape index (κ2) is 7.50. The van der Waals surface area contributed by atoms with Gasteiger partial charge in [-0.1, -0.05) is 24.3 Å². The van der Waals surface area contributed by atoms with E-state index in [9.17, 15) is 23.3 Å². The monoisotopic (exact) mass is 362 g/mol. The summed E-state index contributed by atoms with van der Waals surface area (Å²) in [5, 5.41) is 11.0. The fraction of sp³-hybridized carbons (Fsp3) is 0.200. The van der Waals surface area contributed by atoms with Crippen molar-refractivity contribution in [3.05, 3.63) is 69.3 Å². The summed E-state index contributed by atoms with van der Waals surface area (Å²) < 4.78 is 40.1. The van der Waals surface area contributed by atoms with Gasteiger partial charge in [-0.05, 0) is 30.2 Å². The first kappa shape index (κ1) is 19.7. The molecule has 0 saturated carbocycles. The van der Waals surface area contributed by atoms with Gasteiger partial charge >= 0.3 is 6.36 Å². The summed E-state index contributed by atoms with van der Waals surface area (Å²) in [5.41, 5.74) is 7.47. The molecule has 0 aliphatic rings. The van der Waals surface area contributed by atoms with Crippen LogP contribution in [0.25, 0.3) is 0 Å². The molecule has 0 unspecified atom stereocenters. The van der Waals surface area contributed by atoms with Crippen molar-refractivity contribution >= 4 is 18.1 Å². The van der Waals surface area contributed by atoms with Crippen LogP contribution in [0.2, 0.25) is 0 Å². The van der Waals surface area contributed by atoms with Crippen molar-refractivity contribution < 1.29 is 22.8 Å². The Balaban J connectivity index is 0.00000288. The molecule has 0 heterocycles. The van der Waals surface area contributed by atoms with Gasteiger partial charge in [0, 0.05) is 11.6 Å². The molecule has 2 aromatic rings. The Morgan fingerprint density at radius 2 is 1.67 bits per heavy atom. The highest BCUT2D eigenvalue weighted by molar-refractivity contribution is 5.85. The van der Waals surface area contributed by atoms with E-state index in [1.807, 2.05) is 0 Å². The second-order valence-corrected chi connectivity index (χ2v) is 4.90. The SMILES string of the molecule is Cc1ccc([C@@H](N)c2ccc(OC(F)(F)F)cc2)cc1[N+](=O)[O-].Cl. The summed E-state index contributed by atoms with van der Waals surface area (Å²) >= 11 is 0. The van der Waals surface area contributed by atoms with Gasteiger partial charge in [0.25, 0.3) is 5.69 Å². The Bertz CT molecular complexity index is 721. The number of nitro benzene ring substituents is 1. The number of aryl methyl sites for hydroxylation is 1. The van der Waals surface area contributed by atoms with Crippen LogP contribution in [0.1, 0.15) is 22.7 Å². The number of hydrogen-bond acceptors (Lipinski definition) is 4. The summed E-state index contributed by atoms with van der Waals surface area (Å²) in [6, 6.07) is 8.95. The van der Waals surface area contributed by atoms with E-state index >= 15 is 0 Å². The fourth-order valence-electron chi connectivity index (χ4n) is 2.09. The lowest BCUT2D eigenvalue weighted by molar-refractivity contribution is -0.385. The Morgan fingerprint density at radius 1 is 1.12 bits per heavy atom. The smallest absolute Gasteiger partial charge is 0.406 e. The minimum Gasteiger partial charge on any atom is -0.406 e. The van der Waals surface area contributed by atoms with Crippen LogP contribution in [0.3, 0.4) is 0 Å². The van der Waals surface area contributed by atoms with Crippen LogP contribution in [-0.2, 0) is 0 Å². The van der Waals surface area contributed by atoms with Crippen molar-refractivity contribution in [3.8, 4) is 5.75 Å². The molecular weight excluding hydrogens is 349 g/mol. The summed E-state index contributed by atoms with van der Waals surface area (Å²) in [6.45, 7) is 1.61. The van der Waals surface area contributed by atoms with Crippen LogP contribution in [0.4, 0.5) is 18.9 Å². The summed E-state index contributed by atoms with van der Waals surface area (Å²) in [4.78, 5) is 10.4. The first-order chi connectivity index (χ1) is 10.7. The summed E-state index contributed by atoms with van der Waals surface area (Å²) in [6.07, 6.45) is -4.76. The van der Waals surface area contributed by atoms with E-state index in [1.165, 1.54) is 18.2 Å². The summed E-state index contributed by atoms with van der Waals surface area (Å²) in [5.74, 6) is -0.358. The maximum Gasteiger partial charge on any atom is 0.573 e. The number of nitro groups is 1. The largest absolute Gasteiger partial charge is 0.573 e. The third-order valence-electron chi connectivity index (χ3n) is 3.26. The predicted octanol–water partition coefficient (Wildman–Crippen LogP) is 4.27. The molecule has 2 N–H and O–H groups in total. The van der Waals surface area contributed by atoms with Crippen LogP contribution >= 0.6 is 12.4 Å². The number of rotatable bonds is 4. The number of hydrogen-bond donors (Lipinski definition) is 1. The molecule has 0 bridgehead atoms. The number of benzene rings is 2. The molecule has 0 spiro atoms. The predicted molar refractivity (Wildman–Crippen MR) is 84.2 cm³/mol. The molecule has 24 heavy (non-hydrogen) atoms. The zero-order valence-corrected chi connectivity index (χ0v) is 13.2. The molecule has 0 saturated heterocycles. The van der Waals surface area contributed by atoms with Crippen molar-refractivity contribution in [2.75, 3.05) is 0 Å². The average Bonchev–Trinajstić information content (AvgIpc) is 2.46. The lowest BCUT2D eigenvalue weighted by atomic mass is 9.98. The molecular formula is C15H14ClF3N2O3. The molecule has 0 radical (unpaired) electrons. The maximum absolute atomic E-state index is 12.1. The van der Waals surface area contributed by atoms with Gasteiger partial charge in [-0.2, -0.15) is 0 Å². The number of alkyl halides is 3. The fourth-order valence-corrected chi connectivity index (χ4v) is 2.09. The van der Waals surface area contributed by atoms with Gasteiger partial charge in [0.1, 0.15) is 5.75 Å². The van der Waals surface area contributed by atoms with E-state index < -0.39 is 17.3 Å². The molecule has 130 valence electrons. The molecule has 1 atom stereocenters. The lowest BCUT2D eigenvalue weighted by Crippen LogP contribution is -2.17. The van der Waals surface area contributed by atoms with Crippen LogP contribution in [0, 0.1) is 17.0 Å². The van der Waals surface area contributed by atoms with Gasteiger partial charge in [0.15, 0.2) is 0 Å². The molecule has 0 amide bonds. The van der Waals surface area contributed by atoms with Gasteiger partial charge in [-0.15, -0.1) is 25.6 Å². The minimum absolute atomic E-state index is 0. The maximum atomic E-state index is 12.1. The van der Waals surface area contributed by atoms with E-state index in [4.69, 9.17) is 5.73 Å². The van der Waals surface area contributed by atoms with Crippen LogP contribution < -0.4 is 10.5 Å². The third-order valence-corrected chi connectivity index (χ3v) is 3.26. The average molecular weight is 363 g/mol. The number of nitrogens with two attached hydrogens (primary N) is 1. The Morgan fingerprint density at radius 3 is 2.17 bits per heavy atom. The van der Waals surface area contributed by atoms with Gasteiger partial charge in [0.05, 0.1) is 11.0 Å². The molecule has 0 fully saturated rings. The van der Waals surface area contributed by atoms with Crippen molar-refractivity contribution in [2.24, 2.45) is 5.73 Å². The van der Waals surface area contributed by atoms with E-state index in [1.54, 1.807) is 19.1 Å². The molecule has 0 aliphatic heterocycles. The van der Waals surface area contributed by atoms with Gasteiger partial charge in [-0.25, -0.2) is 0 Å². The second-order valence-electron chi connectivity index (χ2n) is 4.90. The third kappa shape index (κ3) is 4.84. The molecule has 5 nitrogen and oxygen atoms in total. The number of halogens is 4. The minimum atomic E-state index is -4.76. The topological polar surface area (TPSA) is 78.4 Å². The first-order valence-electron chi connectivity index (χ1n) is 6.53. The van der Waals surface area contributed by atoms with Crippen molar-refractivity contribution in [3.63, 3.8) is 0 Å². The van der Waals surface area contributed by atoms with Crippen molar-refractivity contribution in [1.82, 2.24) is 0 Å². The summed E-state index contributed by atoms with van der Waals surface area (Å²) in [7, 11) is 0. The van der Waals surface area contributed by atoms with E-state index in [0.29, 0.717) is 16.7 Å². The van der Waals surface area contributed by atoms with Crippen molar-refractivity contribution in [2.45, 2.75) is 19.3 Å². The van der Waals surface area contributed by atoms with Crippen LogP contribution in [-0.4, -0.2) is 11.3 Å². The number of nitrogens with zero attached hydrogens (tertiary/aromatic N) is 1. The molecule has 2 rings (SSSR count). The molecule has 2 aromatic carbocycles. The Hall–Kier alpha value is -2.32. The quantitative estimate of drug-likeness (QED) is 0.650. The molecule has 0 aromatic heterocycles. The van der Waals surface area contributed by atoms with Gasteiger partial charge in [0.2, 0.25) is 0 Å². The number of ether oxygens (including phenoxy) is 1. The standard InChI is InChI=1S/C15H13F3N2O3.ClH/c1-9-2-3-11(8-13(9)20(21)22)14(19)10-4-6-12(7-5-10)23-15(16,17)18;/h2-8,14H,19H2,1H3;1H/t14-;/m0./s1. The van der Waals surface area contributed by atoms with Gasteiger partial charge in [-0.3, -0.25) is 10.1 Å². The van der Waals surface area contributed by atoms with Crippen LogP contribution in [0.5, 0.6) is 5.75 Å². The highest BCUT2D eigenvalue weighted by atomic mass is 35.5. The zero-order chi connectivity index (χ0) is 17.2. The van der Waals surface area contributed by atoms with Crippen molar-refractivity contribution in [1.29, 1.82) is 0 Å². The van der Waals surface area contributed by atoms with E-state index in [-0.39, 0.29) is 23.8 Å². The zero-order valence-electron chi connectivity index (χ0n) is 12.4.